The fourth-order valence-corrected chi connectivity index (χ4v) is 3.17. The molecular weight excluding hydrogens is 297 g/mol. The van der Waals surface area contributed by atoms with E-state index in [4.69, 9.17) is 4.74 Å². The number of hydrogen-bond acceptors (Lipinski definition) is 2. The van der Waals surface area contributed by atoms with Crippen LogP contribution < -0.4 is 4.74 Å². The zero-order chi connectivity index (χ0) is 13.0. The van der Waals surface area contributed by atoms with Crippen LogP contribution in [0.2, 0.25) is 0 Å². The number of benzene rings is 1. The van der Waals surface area contributed by atoms with E-state index >= 15 is 0 Å². The maximum Gasteiger partial charge on any atom is 0.169 e. The summed E-state index contributed by atoms with van der Waals surface area (Å²) < 4.78 is 19.0. The van der Waals surface area contributed by atoms with Crippen LogP contribution in [0.3, 0.4) is 0 Å². The zero-order valence-electron chi connectivity index (χ0n) is 10.7. The highest BCUT2D eigenvalue weighted by Crippen LogP contribution is 2.25. The Bertz CT molecular complexity index is 399. The minimum Gasteiger partial charge on any atom is -0.494 e. The molecule has 1 aliphatic heterocycles. The Morgan fingerprint density at radius 2 is 2.33 bits per heavy atom. The molecule has 0 amide bonds. The van der Waals surface area contributed by atoms with Gasteiger partial charge in [-0.05, 0) is 31.4 Å². The van der Waals surface area contributed by atoms with Gasteiger partial charge < -0.3 is 4.74 Å². The average molecular weight is 316 g/mol. The van der Waals surface area contributed by atoms with Gasteiger partial charge in [-0.1, -0.05) is 28.1 Å². The third-order valence-corrected chi connectivity index (χ3v) is 4.00. The summed E-state index contributed by atoms with van der Waals surface area (Å²) in [5, 5.41) is 1.05. The van der Waals surface area contributed by atoms with Gasteiger partial charge in [0.1, 0.15) is 0 Å². The molecule has 1 fully saturated rings. The lowest BCUT2D eigenvalue weighted by atomic mass is 10.1. The van der Waals surface area contributed by atoms with Crippen molar-refractivity contribution in [3.63, 3.8) is 0 Å². The Hall–Kier alpha value is -0.610. The number of ether oxygens (including phenoxy) is 1. The monoisotopic (exact) mass is 315 g/mol. The molecule has 0 saturated carbocycles. The van der Waals surface area contributed by atoms with Crippen LogP contribution in [0.4, 0.5) is 4.39 Å². The number of methoxy groups -OCH3 is 1. The van der Waals surface area contributed by atoms with Crippen LogP contribution in [0.1, 0.15) is 18.4 Å². The van der Waals surface area contributed by atoms with Gasteiger partial charge in [0, 0.05) is 24.0 Å². The van der Waals surface area contributed by atoms with E-state index in [0.29, 0.717) is 12.3 Å². The predicted molar refractivity (Wildman–Crippen MR) is 74.7 cm³/mol. The Morgan fingerprint density at radius 1 is 1.50 bits per heavy atom. The van der Waals surface area contributed by atoms with Crippen molar-refractivity contribution < 1.29 is 9.13 Å². The molecule has 0 N–H and O–H groups in total. The van der Waals surface area contributed by atoms with E-state index in [1.807, 2.05) is 12.1 Å². The van der Waals surface area contributed by atoms with Crippen LogP contribution in [-0.2, 0) is 6.54 Å². The molecule has 0 aliphatic carbocycles. The maximum atomic E-state index is 14.0. The highest BCUT2D eigenvalue weighted by Gasteiger charge is 2.23. The van der Waals surface area contributed by atoms with Crippen molar-refractivity contribution in [1.82, 2.24) is 4.90 Å². The molecular formula is C14H19BrFNO. The number of nitrogens with zero attached hydrogens (tertiary/aromatic N) is 1. The summed E-state index contributed by atoms with van der Waals surface area (Å²) >= 11 is 3.48. The summed E-state index contributed by atoms with van der Waals surface area (Å²) in [7, 11) is 1.50. The molecule has 1 aromatic rings. The van der Waals surface area contributed by atoms with E-state index in [0.717, 1.165) is 29.9 Å². The third-order valence-electron chi connectivity index (χ3n) is 3.54. The molecule has 4 heteroatoms. The van der Waals surface area contributed by atoms with E-state index in [1.165, 1.54) is 20.0 Å². The van der Waals surface area contributed by atoms with Gasteiger partial charge in [-0.3, -0.25) is 4.90 Å². The second kappa shape index (κ2) is 6.53. The quantitative estimate of drug-likeness (QED) is 0.772. The minimum absolute atomic E-state index is 0.219. The highest BCUT2D eigenvalue weighted by atomic mass is 79.9. The summed E-state index contributed by atoms with van der Waals surface area (Å²) in [5.41, 5.74) is 0.730. The smallest absolute Gasteiger partial charge is 0.169 e. The maximum absolute atomic E-state index is 14.0. The molecule has 1 atom stereocenters. The lowest BCUT2D eigenvalue weighted by molar-refractivity contribution is 0.306. The lowest BCUT2D eigenvalue weighted by Crippen LogP contribution is -2.21. The minimum atomic E-state index is -0.219. The van der Waals surface area contributed by atoms with Crippen molar-refractivity contribution in [3.05, 3.63) is 29.6 Å². The molecule has 0 bridgehead atoms. The summed E-state index contributed by atoms with van der Waals surface area (Å²) in [6, 6.07) is 5.36. The van der Waals surface area contributed by atoms with E-state index in [2.05, 4.69) is 20.8 Å². The normalized spacial score (nSPS) is 20.3. The molecule has 2 rings (SSSR count). The van der Waals surface area contributed by atoms with Gasteiger partial charge >= 0.3 is 0 Å². The van der Waals surface area contributed by atoms with Gasteiger partial charge in [-0.2, -0.15) is 0 Å². The molecule has 18 heavy (non-hydrogen) atoms. The van der Waals surface area contributed by atoms with Gasteiger partial charge in [0.2, 0.25) is 0 Å². The molecule has 1 saturated heterocycles. The first kappa shape index (κ1) is 13.8. The number of likely N-dealkylation sites (tertiary alicyclic amines) is 1. The van der Waals surface area contributed by atoms with Crippen LogP contribution in [0, 0.1) is 11.7 Å². The summed E-state index contributed by atoms with van der Waals surface area (Å²) in [6.07, 6.45) is 2.42. The van der Waals surface area contributed by atoms with E-state index in [9.17, 15) is 4.39 Å². The Labute approximate surface area is 116 Å². The van der Waals surface area contributed by atoms with E-state index in [1.54, 1.807) is 6.07 Å². The van der Waals surface area contributed by atoms with Gasteiger partial charge in [0.15, 0.2) is 11.6 Å². The van der Waals surface area contributed by atoms with Crippen molar-refractivity contribution >= 4 is 15.9 Å². The first-order valence-corrected chi connectivity index (χ1v) is 7.46. The van der Waals surface area contributed by atoms with Crippen molar-refractivity contribution in [3.8, 4) is 5.75 Å². The van der Waals surface area contributed by atoms with Crippen molar-refractivity contribution in [2.24, 2.45) is 5.92 Å². The SMILES string of the molecule is COc1cccc(CN2CCC(CCBr)C2)c1F. The molecule has 0 spiro atoms. The Kier molecular flexibility index (Phi) is 5.01. The fourth-order valence-electron chi connectivity index (χ4n) is 2.52. The van der Waals surface area contributed by atoms with E-state index in [-0.39, 0.29) is 5.82 Å². The number of halogens is 2. The third kappa shape index (κ3) is 3.23. The van der Waals surface area contributed by atoms with Gasteiger partial charge in [0.25, 0.3) is 0 Å². The lowest BCUT2D eigenvalue weighted by Gasteiger charge is -2.17. The van der Waals surface area contributed by atoms with Crippen molar-refractivity contribution in [2.45, 2.75) is 19.4 Å². The summed E-state index contributed by atoms with van der Waals surface area (Å²) in [6.45, 7) is 2.82. The van der Waals surface area contributed by atoms with Crippen LogP contribution in [-0.4, -0.2) is 30.4 Å². The van der Waals surface area contributed by atoms with Gasteiger partial charge in [0.05, 0.1) is 7.11 Å². The van der Waals surface area contributed by atoms with Crippen LogP contribution >= 0.6 is 15.9 Å². The van der Waals surface area contributed by atoms with Crippen LogP contribution in [0.25, 0.3) is 0 Å². The molecule has 1 heterocycles. The first-order chi connectivity index (χ1) is 8.74. The van der Waals surface area contributed by atoms with Gasteiger partial charge in [-0.25, -0.2) is 4.39 Å². The fraction of sp³-hybridized carbons (Fsp3) is 0.571. The number of rotatable bonds is 5. The molecule has 0 radical (unpaired) electrons. The van der Waals surface area contributed by atoms with Crippen LogP contribution in [0.5, 0.6) is 5.75 Å². The van der Waals surface area contributed by atoms with Crippen molar-refractivity contribution in [1.29, 1.82) is 0 Å². The zero-order valence-corrected chi connectivity index (χ0v) is 12.2. The second-order valence-corrected chi connectivity index (χ2v) is 5.59. The molecule has 2 nitrogen and oxygen atoms in total. The average Bonchev–Trinajstić information content (AvgIpc) is 2.80. The summed E-state index contributed by atoms with van der Waals surface area (Å²) in [4.78, 5) is 2.32. The molecule has 1 aliphatic rings. The topological polar surface area (TPSA) is 12.5 Å². The molecule has 0 aromatic heterocycles. The number of hydrogen-bond donors (Lipinski definition) is 0. The second-order valence-electron chi connectivity index (χ2n) is 4.80. The highest BCUT2D eigenvalue weighted by molar-refractivity contribution is 9.09. The molecule has 100 valence electrons. The first-order valence-electron chi connectivity index (χ1n) is 6.34. The van der Waals surface area contributed by atoms with Gasteiger partial charge in [-0.15, -0.1) is 0 Å². The molecule has 1 aromatic carbocycles. The Morgan fingerprint density at radius 3 is 3.06 bits per heavy atom. The van der Waals surface area contributed by atoms with E-state index < -0.39 is 0 Å². The van der Waals surface area contributed by atoms with Crippen molar-refractivity contribution in [2.75, 3.05) is 25.5 Å². The largest absolute Gasteiger partial charge is 0.494 e. The Balaban J connectivity index is 1.98. The van der Waals surface area contributed by atoms with Crippen LogP contribution in [0.15, 0.2) is 18.2 Å². The standard InChI is InChI=1S/C14H19BrFNO/c1-18-13-4-2-3-12(14(13)16)10-17-8-6-11(9-17)5-7-15/h2-4,11H,5-10H2,1H3. The summed E-state index contributed by atoms with van der Waals surface area (Å²) in [5.74, 6) is 0.866. The number of alkyl halides is 1. The predicted octanol–water partition coefficient (Wildman–Crippen LogP) is 3.44. The molecule has 1 unspecified atom stereocenters.